The first-order valence-corrected chi connectivity index (χ1v) is 10.9. The third-order valence-corrected chi connectivity index (χ3v) is 6.35. The van der Waals surface area contributed by atoms with Crippen molar-refractivity contribution in [3.05, 3.63) is 63.5 Å². The van der Waals surface area contributed by atoms with E-state index in [1.807, 2.05) is 10.3 Å². The first-order chi connectivity index (χ1) is 14.0. The van der Waals surface area contributed by atoms with Crippen LogP contribution in [0.15, 0.2) is 46.8 Å². The molecule has 1 fully saturated rings. The maximum atomic E-state index is 12.7. The second kappa shape index (κ2) is 8.47. The first-order valence-electron chi connectivity index (χ1n) is 10.0. The van der Waals surface area contributed by atoms with Gasteiger partial charge >= 0.3 is 0 Å². The van der Waals surface area contributed by atoms with Gasteiger partial charge in [-0.15, -0.1) is 11.3 Å². The molecular weight excluding hydrogens is 384 g/mol. The van der Waals surface area contributed by atoms with Crippen molar-refractivity contribution < 1.29 is 4.79 Å². The van der Waals surface area contributed by atoms with E-state index in [1.165, 1.54) is 33.4 Å². The highest BCUT2D eigenvalue weighted by molar-refractivity contribution is 7.16. The lowest BCUT2D eigenvalue weighted by molar-refractivity contribution is -0.133. The summed E-state index contributed by atoms with van der Waals surface area (Å²) in [5, 5.41) is 2.43. The van der Waals surface area contributed by atoms with E-state index in [1.54, 1.807) is 6.07 Å². The van der Waals surface area contributed by atoms with Crippen LogP contribution in [0.5, 0.6) is 0 Å². The summed E-state index contributed by atoms with van der Waals surface area (Å²) < 4.78 is 1.42. The van der Waals surface area contributed by atoms with Crippen LogP contribution < -0.4 is 5.56 Å². The number of piperazine rings is 1. The van der Waals surface area contributed by atoms with Gasteiger partial charge in [-0.25, -0.2) is 4.98 Å². The van der Waals surface area contributed by atoms with Crippen molar-refractivity contribution in [2.45, 2.75) is 32.9 Å². The number of hydrogen-bond acceptors (Lipinski definition) is 5. The predicted molar refractivity (Wildman–Crippen MR) is 116 cm³/mol. The summed E-state index contributed by atoms with van der Waals surface area (Å²) in [4.78, 5) is 34.4. The van der Waals surface area contributed by atoms with Crippen LogP contribution in [0, 0.1) is 0 Å². The third kappa shape index (κ3) is 4.41. The Morgan fingerprint density at radius 1 is 1.10 bits per heavy atom. The molecule has 152 valence electrons. The van der Waals surface area contributed by atoms with Crippen LogP contribution in [0.25, 0.3) is 10.2 Å². The number of thiophene rings is 1. The maximum Gasteiger partial charge on any atom is 0.262 e. The van der Waals surface area contributed by atoms with E-state index in [0.29, 0.717) is 29.2 Å². The molecule has 6 nitrogen and oxygen atoms in total. The minimum absolute atomic E-state index is 0.0237. The van der Waals surface area contributed by atoms with Gasteiger partial charge in [0.25, 0.3) is 5.56 Å². The fraction of sp³-hybridized carbons (Fsp3) is 0.409. The summed E-state index contributed by atoms with van der Waals surface area (Å²) in [6.07, 6.45) is 1.48. The van der Waals surface area contributed by atoms with E-state index in [2.05, 4.69) is 48.0 Å². The van der Waals surface area contributed by atoms with E-state index >= 15 is 0 Å². The van der Waals surface area contributed by atoms with Gasteiger partial charge in [-0.2, -0.15) is 0 Å². The van der Waals surface area contributed by atoms with E-state index in [9.17, 15) is 9.59 Å². The van der Waals surface area contributed by atoms with E-state index in [0.717, 1.165) is 19.6 Å². The molecule has 2 aromatic heterocycles. The van der Waals surface area contributed by atoms with Gasteiger partial charge in [-0.3, -0.25) is 19.1 Å². The Bertz CT molecular complexity index is 1050. The van der Waals surface area contributed by atoms with Crippen LogP contribution in [-0.4, -0.2) is 51.4 Å². The molecular formula is C22H26N4O2S. The van der Waals surface area contributed by atoms with E-state index in [-0.39, 0.29) is 18.0 Å². The average Bonchev–Trinajstić information content (AvgIpc) is 3.21. The zero-order valence-electron chi connectivity index (χ0n) is 16.9. The number of nitrogens with zero attached hydrogens (tertiary/aromatic N) is 4. The lowest BCUT2D eigenvalue weighted by Gasteiger charge is -2.34. The molecule has 0 spiro atoms. The molecule has 4 rings (SSSR count). The first kappa shape index (κ1) is 19.8. The SMILES string of the molecule is CC(C)c1ccc(CN2CCN(C(=O)Cn3cnc4sccc4c3=O)CC2)cc1. The van der Waals surface area contributed by atoms with Gasteiger partial charge in [-0.05, 0) is 28.5 Å². The van der Waals surface area contributed by atoms with Crippen molar-refractivity contribution in [2.24, 2.45) is 0 Å². The summed E-state index contributed by atoms with van der Waals surface area (Å²) in [5.41, 5.74) is 2.51. The number of rotatable bonds is 5. The smallest absolute Gasteiger partial charge is 0.262 e. The largest absolute Gasteiger partial charge is 0.339 e. The van der Waals surface area contributed by atoms with Crippen LogP contribution in [0.4, 0.5) is 0 Å². The normalized spacial score (nSPS) is 15.3. The third-order valence-electron chi connectivity index (χ3n) is 5.53. The van der Waals surface area contributed by atoms with Gasteiger partial charge in [0.05, 0.1) is 11.7 Å². The number of carbonyl (C=O) groups excluding carboxylic acids is 1. The molecule has 0 bridgehead atoms. The fourth-order valence-corrected chi connectivity index (χ4v) is 4.40. The Morgan fingerprint density at radius 3 is 2.52 bits per heavy atom. The Balaban J connectivity index is 1.32. The standard InChI is InChI=1S/C22H26N4O2S/c1-16(2)18-5-3-17(4-6-18)13-24-8-10-25(11-9-24)20(27)14-26-15-23-21-19(22(26)28)7-12-29-21/h3-7,12,15-16H,8-11,13-14H2,1-2H3. The molecule has 1 aliphatic rings. The monoisotopic (exact) mass is 410 g/mol. The second-order valence-corrected chi connectivity index (χ2v) is 8.76. The van der Waals surface area contributed by atoms with Crippen LogP contribution >= 0.6 is 11.3 Å². The molecule has 0 atom stereocenters. The van der Waals surface area contributed by atoms with Crippen molar-refractivity contribution in [2.75, 3.05) is 26.2 Å². The number of amides is 1. The molecule has 1 aromatic carbocycles. The number of hydrogen-bond donors (Lipinski definition) is 0. The van der Waals surface area contributed by atoms with Gasteiger partial charge < -0.3 is 4.90 Å². The molecule has 0 saturated carbocycles. The highest BCUT2D eigenvalue weighted by Gasteiger charge is 2.22. The summed E-state index contributed by atoms with van der Waals surface area (Å²) >= 11 is 1.43. The van der Waals surface area contributed by atoms with Crippen molar-refractivity contribution >= 4 is 27.5 Å². The lowest BCUT2D eigenvalue weighted by Crippen LogP contribution is -2.49. The van der Waals surface area contributed by atoms with Gasteiger partial charge in [-0.1, -0.05) is 38.1 Å². The van der Waals surface area contributed by atoms with Crippen LogP contribution in [0.1, 0.15) is 30.9 Å². The summed E-state index contributed by atoms with van der Waals surface area (Å²) in [7, 11) is 0. The van der Waals surface area contributed by atoms with Gasteiger partial charge in [0, 0.05) is 32.7 Å². The van der Waals surface area contributed by atoms with E-state index in [4.69, 9.17) is 0 Å². The molecule has 29 heavy (non-hydrogen) atoms. The highest BCUT2D eigenvalue weighted by atomic mass is 32.1. The number of benzene rings is 1. The second-order valence-electron chi connectivity index (χ2n) is 7.87. The summed E-state index contributed by atoms with van der Waals surface area (Å²) in [5.74, 6) is 0.520. The van der Waals surface area contributed by atoms with Crippen LogP contribution in [0.2, 0.25) is 0 Å². The molecule has 3 aromatic rings. The molecule has 1 amide bonds. The number of aromatic nitrogens is 2. The zero-order chi connectivity index (χ0) is 20.4. The van der Waals surface area contributed by atoms with Gasteiger partial charge in [0.2, 0.25) is 5.91 Å². The molecule has 0 aliphatic carbocycles. The Labute approximate surface area is 174 Å². The Hall–Kier alpha value is -2.51. The Kier molecular flexibility index (Phi) is 5.78. The average molecular weight is 411 g/mol. The fourth-order valence-electron chi connectivity index (χ4n) is 3.67. The number of fused-ring (bicyclic) bond motifs is 1. The molecule has 0 unspecified atom stereocenters. The van der Waals surface area contributed by atoms with Crippen molar-refractivity contribution in [1.82, 2.24) is 19.4 Å². The molecule has 3 heterocycles. The topological polar surface area (TPSA) is 58.4 Å². The minimum Gasteiger partial charge on any atom is -0.339 e. The molecule has 1 saturated heterocycles. The van der Waals surface area contributed by atoms with Crippen LogP contribution in [0.3, 0.4) is 0 Å². The Morgan fingerprint density at radius 2 is 1.83 bits per heavy atom. The summed E-state index contributed by atoms with van der Waals surface area (Å²) in [6.45, 7) is 8.41. The van der Waals surface area contributed by atoms with Crippen molar-refractivity contribution in [3.63, 3.8) is 0 Å². The van der Waals surface area contributed by atoms with E-state index < -0.39 is 0 Å². The zero-order valence-corrected chi connectivity index (χ0v) is 17.7. The molecule has 1 aliphatic heterocycles. The maximum absolute atomic E-state index is 12.7. The lowest BCUT2D eigenvalue weighted by atomic mass is 10.0. The highest BCUT2D eigenvalue weighted by Crippen LogP contribution is 2.17. The summed E-state index contributed by atoms with van der Waals surface area (Å²) in [6, 6.07) is 10.6. The quantitative estimate of drug-likeness (QED) is 0.649. The van der Waals surface area contributed by atoms with Gasteiger partial charge in [0.15, 0.2) is 0 Å². The van der Waals surface area contributed by atoms with Crippen molar-refractivity contribution in [1.29, 1.82) is 0 Å². The van der Waals surface area contributed by atoms with Crippen molar-refractivity contribution in [3.8, 4) is 0 Å². The molecule has 0 radical (unpaired) electrons. The van der Waals surface area contributed by atoms with Crippen LogP contribution in [-0.2, 0) is 17.9 Å². The number of carbonyl (C=O) groups is 1. The molecule has 7 heteroatoms. The predicted octanol–water partition coefficient (Wildman–Crippen LogP) is 2.93. The van der Waals surface area contributed by atoms with Gasteiger partial charge in [0.1, 0.15) is 11.4 Å². The minimum atomic E-state index is -0.145. The molecule has 0 N–H and O–H groups in total.